The fourth-order valence-corrected chi connectivity index (χ4v) is 2.25. The van der Waals surface area contributed by atoms with Crippen LogP contribution in [0.4, 0.5) is 0 Å². The minimum atomic E-state index is -0.0115. The number of aliphatic hydroxyl groups is 1. The van der Waals surface area contributed by atoms with E-state index in [1.165, 1.54) is 11.3 Å². The van der Waals surface area contributed by atoms with Crippen LogP contribution >= 0.6 is 11.3 Å². The zero-order valence-electron chi connectivity index (χ0n) is 8.70. The van der Waals surface area contributed by atoms with Gasteiger partial charge in [-0.15, -0.1) is 11.3 Å². The van der Waals surface area contributed by atoms with Gasteiger partial charge in [0, 0.05) is 23.8 Å². The highest BCUT2D eigenvalue weighted by Gasteiger charge is 2.16. The number of aromatic nitrogens is 1. The van der Waals surface area contributed by atoms with Gasteiger partial charge in [-0.05, 0) is 6.92 Å². The Bertz CT molecular complexity index is 331. The molecule has 0 saturated heterocycles. The Morgan fingerprint density at radius 2 is 2.21 bits per heavy atom. The Balaban J connectivity index is 2.90. The van der Waals surface area contributed by atoms with Crippen molar-refractivity contribution in [3.8, 4) is 0 Å². The smallest absolute Gasteiger partial charge is 0.193 e. The number of hydrogen-bond acceptors (Lipinski definition) is 4. The summed E-state index contributed by atoms with van der Waals surface area (Å²) in [6.07, 6.45) is 0.592. The maximum absolute atomic E-state index is 11.6. The second-order valence-corrected chi connectivity index (χ2v) is 4.60. The summed E-state index contributed by atoms with van der Waals surface area (Å²) >= 11 is 1.40. The Labute approximate surface area is 87.8 Å². The van der Waals surface area contributed by atoms with Crippen LogP contribution in [0.1, 0.15) is 34.2 Å². The molecule has 4 heteroatoms. The topological polar surface area (TPSA) is 50.2 Å². The zero-order chi connectivity index (χ0) is 10.7. The quantitative estimate of drug-likeness (QED) is 0.776. The summed E-state index contributed by atoms with van der Waals surface area (Å²) in [5.41, 5.74) is 0.869. The predicted octanol–water partition coefficient (Wildman–Crippen LogP) is 1.83. The molecule has 0 amide bonds. The summed E-state index contributed by atoms with van der Waals surface area (Å²) in [4.78, 5) is 16.8. The maximum atomic E-state index is 11.6. The van der Waals surface area contributed by atoms with Gasteiger partial charge in [0.15, 0.2) is 10.8 Å². The normalized spacial score (nSPS) is 10.9. The third kappa shape index (κ3) is 2.39. The summed E-state index contributed by atoms with van der Waals surface area (Å²) in [5, 5.41) is 9.37. The monoisotopic (exact) mass is 213 g/mol. The highest BCUT2D eigenvalue weighted by Crippen LogP contribution is 2.20. The summed E-state index contributed by atoms with van der Waals surface area (Å²) in [7, 11) is 0. The molecule has 0 saturated carbocycles. The first kappa shape index (κ1) is 11.3. The van der Waals surface area contributed by atoms with Crippen LogP contribution in [-0.4, -0.2) is 22.5 Å². The average Bonchev–Trinajstić information content (AvgIpc) is 2.47. The Morgan fingerprint density at radius 3 is 2.71 bits per heavy atom. The van der Waals surface area contributed by atoms with E-state index in [2.05, 4.69) is 4.98 Å². The molecule has 0 aliphatic carbocycles. The number of Topliss-reactive ketones (excluding diaryl/α,β-unsaturated/α-hetero) is 1. The first-order valence-corrected chi connectivity index (χ1v) is 5.49. The molecule has 0 spiro atoms. The average molecular weight is 213 g/mol. The summed E-state index contributed by atoms with van der Waals surface area (Å²) in [5.74, 6) is 0.0739. The lowest BCUT2D eigenvalue weighted by atomic mass is 10.1. The Morgan fingerprint density at radius 1 is 1.57 bits per heavy atom. The van der Waals surface area contributed by atoms with Crippen molar-refractivity contribution in [3.05, 3.63) is 15.6 Å². The fourth-order valence-electron chi connectivity index (χ4n) is 1.11. The van der Waals surface area contributed by atoms with Crippen molar-refractivity contribution in [1.82, 2.24) is 4.98 Å². The van der Waals surface area contributed by atoms with Crippen LogP contribution in [0.25, 0.3) is 0 Å². The second-order valence-electron chi connectivity index (χ2n) is 3.52. The first-order valence-electron chi connectivity index (χ1n) is 4.67. The fraction of sp³-hybridized carbons (Fsp3) is 0.600. The van der Waals surface area contributed by atoms with Crippen molar-refractivity contribution in [1.29, 1.82) is 0 Å². The molecule has 78 valence electrons. The van der Waals surface area contributed by atoms with Crippen molar-refractivity contribution >= 4 is 17.1 Å². The van der Waals surface area contributed by atoms with E-state index in [4.69, 9.17) is 5.11 Å². The van der Waals surface area contributed by atoms with Gasteiger partial charge in [0.1, 0.15) is 0 Å². The molecule has 1 N–H and O–H groups in total. The number of thiazole rings is 1. The molecule has 1 aromatic heterocycles. The summed E-state index contributed by atoms with van der Waals surface area (Å²) in [6, 6.07) is 0. The van der Waals surface area contributed by atoms with E-state index in [1.807, 2.05) is 20.8 Å². The molecular formula is C10H15NO2S. The number of carbonyl (C=O) groups is 1. The third-order valence-electron chi connectivity index (χ3n) is 1.97. The SMILES string of the molecule is Cc1nc(C(=O)C(C)C)sc1CCO. The van der Waals surface area contributed by atoms with Gasteiger partial charge < -0.3 is 5.11 Å². The lowest BCUT2D eigenvalue weighted by Crippen LogP contribution is -2.06. The molecule has 0 aliphatic heterocycles. The van der Waals surface area contributed by atoms with Crippen molar-refractivity contribution in [3.63, 3.8) is 0 Å². The van der Waals surface area contributed by atoms with Gasteiger partial charge in [-0.2, -0.15) is 0 Å². The third-order valence-corrected chi connectivity index (χ3v) is 3.20. The van der Waals surface area contributed by atoms with Crippen LogP contribution in [0.5, 0.6) is 0 Å². The number of nitrogens with zero attached hydrogens (tertiary/aromatic N) is 1. The highest BCUT2D eigenvalue weighted by molar-refractivity contribution is 7.13. The molecule has 0 fully saturated rings. The molecule has 0 aromatic carbocycles. The molecule has 14 heavy (non-hydrogen) atoms. The lowest BCUT2D eigenvalue weighted by molar-refractivity contribution is 0.0939. The van der Waals surface area contributed by atoms with Crippen molar-refractivity contribution in [2.24, 2.45) is 5.92 Å². The van der Waals surface area contributed by atoms with Crippen LogP contribution in [0.15, 0.2) is 0 Å². The van der Waals surface area contributed by atoms with E-state index in [0.29, 0.717) is 11.4 Å². The number of aliphatic hydroxyl groups excluding tert-OH is 1. The molecule has 0 atom stereocenters. The van der Waals surface area contributed by atoms with Gasteiger partial charge >= 0.3 is 0 Å². The number of hydrogen-bond donors (Lipinski definition) is 1. The van der Waals surface area contributed by atoms with Crippen LogP contribution < -0.4 is 0 Å². The summed E-state index contributed by atoms with van der Waals surface area (Å²) < 4.78 is 0. The maximum Gasteiger partial charge on any atom is 0.193 e. The Hall–Kier alpha value is -0.740. The molecule has 3 nitrogen and oxygen atoms in total. The standard InChI is InChI=1S/C10H15NO2S/c1-6(2)9(13)10-11-7(3)8(14-10)4-5-12/h6,12H,4-5H2,1-3H3. The van der Waals surface area contributed by atoms with Crippen molar-refractivity contribution < 1.29 is 9.90 Å². The molecule has 0 radical (unpaired) electrons. The van der Waals surface area contributed by atoms with E-state index in [-0.39, 0.29) is 18.3 Å². The molecular weight excluding hydrogens is 198 g/mol. The van der Waals surface area contributed by atoms with Crippen LogP contribution in [0.2, 0.25) is 0 Å². The van der Waals surface area contributed by atoms with E-state index < -0.39 is 0 Å². The molecule has 0 unspecified atom stereocenters. The van der Waals surface area contributed by atoms with Crippen LogP contribution in [0, 0.1) is 12.8 Å². The van der Waals surface area contributed by atoms with Crippen LogP contribution in [-0.2, 0) is 6.42 Å². The first-order chi connectivity index (χ1) is 6.56. The molecule has 1 heterocycles. The number of rotatable bonds is 4. The minimum absolute atomic E-state index is 0.0115. The number of ketones is 1. The van der Waals surface area contributed by atoms with Gasteiger partial charge in [0.05, 0.1) is 5.69 Å². The van der Waals surface area contributed by atoms with E-state index in [1.54, 1.807) is 0 Å². The predicted molar refractivity (Wildman–Crippen MR) is 56.8 cm³/mol. The molecule has 1 rings (SSSR count). The van der Waals surface area contributed by atoms with Gasteiger partial charge in [-0.1, -0.05) is 13.8 Å². The molecule has 0 bridgehead atoms. The van der Waals surface area contributed by atoms with Gasteiger partial charge in [0.25, 0.3) is 0 Å². The number of aryl methyl sites for hydroxylation is 1. The van der Waals surface area contributed by atoms with Gasteiger partial charge in [0.2, 0.25) is 0 Å². The second kappa shape index (κ2) is 4.66. The summed E-state index contributed by atoms with van der Waals surface area (Å²) in [6.45, 7) is 5.71. The Kier molecular flexibility index (Phi) is 3.77. The van der Waals surface area contributed by atoms with E-state index >= 15 is 0 Å². The van der Waals surface area contributed by atoms with Crippen molar-refractivity contribution in [2.45, 2.75) is 27.2 Å². The molecule has 0 aliphatic rings. The van der Waals surface area contributed by atoms with Gasteiger partial charge in [-0.25, -0.2) is 4.98 Å². The zero-order valence-corrected chi connectivity index (χ0v) is 9.52. The lowest BCUT2D eigenvalue weighted by Gasteiger charge is -1.97. The highest BCUT2D eigenvalue weighted by atomic mass is 32.1. The van der Waals surface area contributed by atoms with Gasteiger partial charge in [-0.3, -0.25) is 4.79 Å². The molecule has 1 aromatic rings. The largest absolute Gasteiger partial charge is 0.396 e. The van der Waals surface area contributed by atoms with E-state index in [9.17, 15) is 4.79 Å². The van der Waals surface area contributed by atoms with Crippen molar-refractivity contribution in [2.75, 3.05) is 6.61 Å². The van der Waals surface area contributed by atoms with E-state index in [0.717, 1.165) is 10.6 Å². The minimum Gasteiger partial charge on any atom is -0.396 e. The number of carbonyl (C=O) groups excluding carboxylic acids is 1. The van der Waals surface area contributed by atoms with Crippen LogP contribution in [0.3, 0.4) is 0 Å².